The summed E-state index contributed by atoms with van der Waals surface area (Å²) in [4.78, 5) is 2.45. The quantitative estimate of drug-likeness (QED) is 0.710. The highest BCUT2D eigenvalue weighted by atomic mass is 15.1. The van der Waals surface area contributed by atoms with Gasteiger partial charge in [0, 0.05) is 13.1 Å². The minimum atomic E-state index is 0.981. The predicted molar refractivity (Wildman–Crippen MR) is 77.7 cm³/mol. The summed E-state index contributed by atoms with van der Waals surface area (Å²) in [7, 11) is 2.23. The summed E-state index contributed by atoms with van der Waals surface area (Å²) < 4.78 is 0. The molecule has 0 atom stereocenters. The third kappa shape index (κ3) is 4.79. The van der Waals surface area contributed by atoms with Gasteiger partial charge in [-0.15, -0.1) is 0 Å². The van der Waals surface area contributed by atoms with Gasteiger partial charge in [0.05, 0.1) is 0 Å². The second-order valence-electron chi connectivity index (χ2n) is 5.56. The van der Waals surface area contributed by atoms with Crippen molar-refractivity contribution in [1.29, 1.82) is 0 Å². The molecule has 0 saturated heterocycles. The Morgan fingerprint density at radius 1 is 1.17 bits per heavy atom. The number of nitrogens with zero attached hydrogens (tertiary/aromatic N) is 1. The van der Waals surface area contributed by atoms with Crippen LogP contribution in [0.25, 0.3) is 0 Å². The first-order chi connectivity index (χ1) is 8.78. The van der Waals surface area contributed by atoms with Gasteiger partial charge in [0.1, 0.15) is 0 Å². The molecule has 0 aliphatic heterocycles. The lowest BCUT2D eigenvalue weighted by Gasteiger charge is -2.16. The van der Waals surface area contributed by atoms with E-state index < -0.39 is 0 Å². The second-order valence-corrected chi connectivity index (χ2v) is 5.56. The Labute approximate surface area is 111 Å². The van der Waals surface area contributed by atoms with Crippen LogP contribution in [0.2, 0.25) is 0 Å². The van der Waals surface area contributed by atoms with Crippen LogP contribution in [0.3, 0.4) is 0 Å². The average molecular weight is 246 g/mol. The van der Waals surface area contributed by atoms with Gasteiger partial charge in [-0.2, -0.15) is 0 Å². The van der Waals surface area contributed by atoms with Gasteiger partial charge in [0.15, 0.2) is 0 Å². The highest BCUT2D eigenvalue weighted by Crippen LogP contribution is 2.29. The molecule has 0 heterocycles. The van der Waals surface area contributed by atoms with Crippen molar-refractivity contribution in [3.63, 3.8) is 0 Å². The molecule has 1 fully saturated rings. The molecule has 0 radical (unpaired) electrons. The van der Waals surface area contributed by atoms with Crippen molar-refractivity contribution in [2.75, 3.05) is 26.7 Å². The third-order valence-electron chi connectivity index (χ3n) is 3.58. The first-order valence-electron chi connectivity index (χ1n) is 7.25. The summed E-state index contributed by atoms with van der Waals surface area (Å²) in [5.41, 5.74) is 2.87. The second kappa shape index (κ2) is 6.91. The fourth-order valence-corrected chi connectivity index (χ4v) is 2.34. The minimum Gasteiger partial charge on any atom is -0.317 e. The maximum atomic E-state index is 3.36. The van der Waals surface area contributed by atoms with Gasteiger partial charge in [0.2, 0.25) is 0 Å². The van der Waals surface area contributed by atoms with E-state index in [2.05, 4.69) is 48.5 Å². The molecule has 1 aliphatic rings. The van der Waals surface area contributed by atoms with E-state index in [0.29, 0.717) is 0 Å². The third-order valence-corrected chi connectivity index (χ3v) is 3.58. The van der Waals surface area contributed by atoms with Gasteiger partial charge in [-0.05, 0) is 56.4 Å². The van der Waals surface area contributed by atoms with Crippen LogP contribution in [-0.2, 0) is 13.0 Å². The highest BCUT2D eigenvalue weighted by molar-refractivity contribution is 5.22. The summed E-state index contributed by atoms with van der Waals surface area (Å²) in [5.74, 6) is 0.981. The smallest absolute Gasteiger partial charge is 0.0230 e. The van der Waals surface area contributed by atoms with Crippen LogP contribution in [0.5, 0.6) is 0 Å². The molecular weight excluding hydrogens is 220 g/mol. The van der Waals surface area contributed by atoms with Gasteiger partial charge in [-0.3, -0.25) is 0 Å². The van der Waals surface area contributed by atoms with Crippen LogP contribution in [-0.4, -0.2) is 31.6 Å². The Morgan fingerprint density at radius 3 is 2.44 bits per heavy atom. The van der Waals surface area contributed by atoms with Crippen molar-refractivity contribution >= 4 is 0 Å². The standard InChI is InChI=1S/C16H26N2/c1-3-17-11-10-14-4-6-15(7-5-14)12-18(2)13-16-8-9-16/h4-7,16-17H,3,8-13H2,1-2H3. The largest absolute Gasteiger partial charge is 0.317 e. The molecule has 100 valence electrons. The first-order valence-corrected chi connectivity index (χ1v) is 7.25. The highest BCUT2D eigenvalue weighted by Gasteiger charge is 2.22. The van der Waals surface area contributed by atoms with Crippen molar-refractivity contribution in [3.8, 4) is 0 Å². The zero-order chi connectivity index (χ0) is 12.8. The number of benzene rings is 1. The van der Waals surface area contributed by atoms with E-state index in [9.17, 15) is 0 Å². The Kier molecular flexibility index (Phi) is 5.21. The van der Waals surface area contributed by atoms with Gasteiger partial charge < -0.3 is 10.2 Å². The molecule has 2 nitrogen and oxygen atoms in total. The van der Waals surface area contributed by atoms with Crippen molar-refractivity contribution in [2.45, 2.75) is 32.7 Å². The van der Waals surface area contributed by atoms with Crippen molar-refractivity contribution in [2.24, 2.45) is 5.92 Å². The van der Waals surface area contributed by atoms with Crippen molar-refractivity contribution in [1.82, 2.24) is 10.2 Å². The molecule has 2 rings (SSSR count). The van der Waals surface area contributed by atoms with E-state index in [1.807, 2.05) is 0 Å². The van der Waals surface area contributed by atoms with E-state index in [0.717, 1.165) is 32.0 Å². The van der Waals surface area contributed by atoms with Crippen molar-refractivity contribution < 1.29 is 0 Å². The molecule has 0 amide bonds. The Balaban J connectivity index is 1.75. The zero-order valence-corrected chi connectivity index (χ0v) is 11.8. The molecule has 2 heteroatoms. The molecule has 0 spiro atoms. The van der Waals surface area contributed by atoms with Gasteiger partial charge in [-0.1, -0.05) is 31.2 Å². The van der Waals surface area contributed by atoms with Gasteiger partial charge >= 0.3 is 0 Å². The monoisotopic (exact) mass is 246 g/mol. The summed E-state index contributed by atoms with van der Waals surface area (Å²) in [6.45, 7) is 6.65. The number of hydrogen-bond acceptors (Lipinski definition) is 2. The topological polar surface area (TPSA) is 15.3 Å². The van der Waals surface area contributed by atoms with Crippen LogP contribution in [0.1, 0.15) is 30.9 Å². The average Bonchev–Trinajstić information content (AvgIpc) is 3.15. The fourth-order valence-electron chi connectivity index (χ4n) is 2.34. The molecule has 18 heavy (non-hydrogen) atoms. The normalized spacial score (nSPS) is 15.3. The van der Waals surface area contributed by atoms with Crippen LogP contribution in [0.15, 0.2) is 24.3 Å². The molecule has 1 saturated carbocycles. The van der Waals surface area contributed by atoms with Crippen molar-refractivity contribution in [3.05, 3.63) is 35.4 Å². The fraction of sp³-hybridized carbons (Fsp3) is 0.625. The Hall–Kier alpha value is -0.860. The Bertz CT molecular complexity index is 341. The number of hydrogen-bond donors (Lipinski definition) is 1. The molecule has 1 aromatic carbocycles. The molecule has 1 aromatic rings. The SMILES string of the molecule is CCNCCc1ccc(CN(C)CC2CC2)cc1. The lowest BCUT2D eigenvalue weighted by atomic mass is 10.1. The number of rotatable bonds is 8. The summed E-state index contributed by atoms with van der Waals surface area (Å²) in [5, 5.41) is 3.36. The van der Waals surface area contributed by atoms with Crippen LogP contribution < -0.4 is 5.32 Å². The molecule has 1 aliphatic carbocycles. The van der Waals surface area contributed by atoms with Gasteiger partial charge in [-0.25, -0.2) is 0 Å². The maximum absolute atomic E-state index is 3.36. The molecule has 0 bridgehead atoms. The molecule has 1 N–H and O–H groups in total. The molecule has 0 unspecified atom stereocenters. The van der Waals surface area contributed by atoms with E-state index in [4.69, 9.17) is 0 Å². The van der Waals surface area contributed by atoms with Gasteiger partial charge in [0.25, 0.3) is 0 Å². The maximum Gasteiger partial charge on any atom is 0.0230 e. The van der Waals surface area contributed by atoms with Crippen LogP contribution in [0.4, 0.5) is 0 Å². The first kappa shape index (κ1) is 13.6. The predicted octanol–water partition coefficient (Wildman–Crippen LogP) is 2.68. The number of nitrogens with one attached hydrogen (secondary N) is 1. The van der Waals surface area contributed by atoms with E-state index >= 15 is 0 Å². The summed E-state index contributed by atoms with van der Waals surface area (Å²) in [6.07, 6.45) is 4.01. The van der Waals surface area contributed by atoms with Crippen LogP contribution in [0, 0.1) is 5.92 Å². The van der Waals surface area contributed by atoms with E-state index in [1.54, 1.807) is 0 Å². The Morgan fingerprint density at radius 2 is 1.83 bits per heavy atom. The number of likely N-dealkylation sites (N-methyl/N-ethyl adjacent to an activating group) is 1. The lowest BCUT2D eigenvalue weighted by molar-refractivity contribution is 0.313. The summed E-state index contributed by atoms with van der Waals surface area (Å²) >= 11 is 0. The zero-order valence-electron chi connectivity index (χ0n) is 11.8. The van der Waals surface area contributed by atoms with E-state index in [-0.39, 0.29) is 0 Å². The lowest BCUT2D eigenvalue weighted by Crippen LogP contribution is -2.20. The molecule has 0 aromatic heterocycles. The minimum absolute atomic E-state index is 0.981. The summed E-state index contributed by atoms with van der Waals surface area (Å²) in [6, 6.07) is 9.12. The van der Waals surface area contributed by atoms with Crippen LogP contribution >= 0.6 is 0 Å². The van der Waals surface area contributed by atoms with E-state index in [1.165, 1.54) is 30.5 Å². The molecular formula is C16H26N2.